The van der Waals surface area contributed by atoms with Gasteiger partial charge in [-0.05, 0) is 67.4 Å². The van der Waals surface area contributed by atoms with Crippen molar-refractivity contribution in [3.8, 4) is 5.75 Å². The minimum Gasteiger partial charge on any atom is -0.406 e. The number of nitrogens with one attached hydrogen (secondary N) is 2. The van der Waals surface area contributed by atoms with Gasteiger partial charge in [0.05, 0.1) is 29.4 Å². The topological polar surface area (TPSA) is 124 Å². The number of rotatable bonds is 13. The molecule has 3 aromatic carbocycles. The largest absolute Gasteiger partial charge is 0.573 e. The first-order valence-electron chi connectivity index (χ1n) is 15.6. The summed E-state index contributed by atoms with van der Waals surface area (Å²) in [4.78, 5) is 45.2. The summed E-state index contributed by atoms with van der Waals surface area (Å²) in [6, 6.07) is 11.9. The highest BCUT2D eigenvalue weighted by Crippen LogP contribution is 2.32. The zero-order valence-electron chi connectivity index (χ0n) is 28.0. The van der Waals surface area contributed by atoms with E-state index >= 15 is 4.39 Å². The van der Waals surface area contributed by atoms with Crippen LogP contribution in [0.15, 0.2) is 77.4 Å². The molecule has 0 bridgehead atoms. The molecular formula is C35H33F6N5O5S. The standard InChI is InChI=1S/C35H33F6N5O5S/c1-4-5-24(45(3)32(48)21-8-11-25(12-9-21)51-35(39,40)41)16-27(42)22-10-13-28(26(36)15-22)43-33(49)44-34-46(31(47)19-52-34)29-14-20(2)6-7-23(29)17-50-18-30(37)38/h6-16,30,42H,4-5,17-19H2,1-3H3,(H,43,49)/b24-16+,42-27?,44-34-. The fourth-order valence-electron chi connectivity index (χ4n) is 4.92. The maximum Gasteiger partial charge on any atom is 0.573 e. The highest BCUT2D eigenvalue weighted by Gasteiger charge is 2.33. The molecule has 4 rings (SSSR count). The van der Waals surface area contributed by atoms with Gasteiger partial charge in [0.25, 0.3) is 12.3 Å². The molecule has 1 saturated heterocycles. The second-order valence-electron chi connectivity index (χ2n) is 11.3. The van der Waals surface area contributed by atoms with Crippen LogP contribution in [0.2, 0.25) is 0 Å². The number of benzene rings is 3. The summed E-state index contributed by atoms with van der Waals surface area (Å²) in [5.41, 5.74) is 1.59. The number of nitrogens with zero attached hydrogens (tertiary/aromatic N) is 3. The van der Waals surface area contributed by atoms with Gasteiger partial charge in [0.1, 0.15) is 18.2 Å². The molecule has 10 nitrogen and oxygen atoms in total. The van der Waals surface area contributed by atoms with Gasteiger partial charge in [-0.25, -0.2) is 18.0 Å². The van der Waals surface area contributed by atoms with E-state index in [-0.39, 0.29) is 40.1 Å². The first-order valence-corrected chi connectivity index (χ1v) is 16.6. The number of amides is 4. The van der Waals surface area contributed by atoms with Crippen molar-refractivity contribution in [1.82, 2.24) is 4.90 Å². The van der Waals surface area contributed by atoms with Gasteiger partial charge in [0.2, 0.25) is 5.91 Å². The van der Waals surface area contributed by atoms with E-state index in [2.05, 4.69) is 15.0 Å². The fourth-order valence-corrected chi connectivity index (χ4v) is 5.78. The summed E-state index contributed by atoms with van der Waals surface area (Å²) in [5, 5.41) is 10.9. The first kappa shape index (κ1) is 39.6. The van der Waals surface area contributed by atoms with Crippen molar-refractivity contribution in [3.05, 3.63) is 101 Å². The molecular weight excluding hydrogens is 716 g/mol. The molecule has 0 spiro atoms. The van der Waals surface area contributed by atoms with E-state index in [1.807, 2.05) is 6.92 Å². The summed E-state index contributed by atoms with van der Waals surface area (Å²) in [5.74, 6) is -2.43. The second-order valence-corrected chi connectivity index (χ2v) is 12.3. The van der Waals surface area contributed by atoms with Crippen molar-refractivity contribution in [2.45, 2.75) is 46.1 Å². The number of anilines is 2. The summed E-state index contributed by atoms with van der Waals surface area (Å²) in [7, 11) is 1.44. The quantitative estimate of drug-likeness (QED) is 0.134. The normalized spacial score (nSPS) is 14.3. The Kier molecular flexibility index (Phi) is 13.2. The predicted octanol–water partition coefficient (Wildman–Crippen LogP) is 8.31. The van der Waals surface area contributed by atoms with E-state index in [1.54, 1.807) is 25.1 Å². The molecule has 0 aromatic heterocycles. The van der Waals surface area contributed by atoms with Gasteiger partial charge in [-0.2, -0.15) is 4.99 Å². The van der Waals surface area contributed by atoms with Crippen LogP contribution >= 0.6 is 11.8 Å². The third-order valence-corrected chi connectivity index (χ3v) is 8.28. The van der Waals surface area contributed by atoms with Crippen LogP contribution in [0, 0.1) is 18.2 Å². The molecule has 3 aromatic rings. The van der Waals surface area contributed by atoms with Crippen LogP contribution in [0.4, 0.5) is 42.5 Å². The molecule has 1 aliphatic rings. The lowest BCUT2D eigenvalue weighted by Gasteiger charge is -2.21. The van der Waals surface area contributed by atoms with Crippen LogP contribution in [0.5, 0.6) is 5.75 Å². The monoisotopic (exact) mass is 749 g/mol. The van der Waals surface area contributed by atoms with Crippen LogP contribution in [0.3, 0.4) is 0 Å². The summed E-state index contributed by atoms with van der Waals surface area (Å²) < 4.78 is 86.9. The van der Waals surface area contributed by atoms with E-state index in [0.29, 0.717) is 29.8 Å². The van der Waals surface area contributed by atoms with E-state index in [4.69, 9.17) is 10.1 Å². The average molecular weight is 750 g/mol. The van der Waals surface area contributed by atoms with Gasteiger partial charge >= 0.3 is 12.4 Å². The number of urea groups is 1. The van der Waals surface area contributed by atoms with E-state index in [1.165, 1.54) is 47.2 Å². The predicted molar refractivity (Wildman–Crippen MR) is 185 cm³/mol. The number of aryl methyl sites for hydroxylation is 1. The zero-order valence-corrected chi connectivity index (χ0v) is 28.8. The SMILES string of the molecule is CCC/C(=C\C(=N)c1ccc(NC(=O)/N=C2\SCC(=O)N2c2cc(C)ccc2COCC(F)F)c(F)c1)N(C)C(=O)c1ccc(OC(F)(F)F)cc1. The Bertz CT molecular complexity index is 1880. The first-order chi connectivity index (χ1) is 24.6. The minimum atomic E-state index is -4.89. The van der Waals surface area contributed by atoms with Crippen molar-refractivity contribution in [2.75, 3.05) is 29.6 Å². The van der Waals surface area contributed by atoms with Gasteiger partial charge in [-0.15, -0.1) is 13.2 Å². The Balaban J connectivity index is 1.48. The Hall–Kier alpha value is -5.16. The van der Waals surface area contributed by atoms with Crippen LogP contribution in [-0.2, 0) is 16.1 Å². The smallest absolute Gasteiger partial charge is 0.406 e. The number of alkyl halides is 5. The molecule has 0 saturated carbocycles. The Morgan fingerprint density at radius 1 is 1.10 bits per heavy atom. The number of hydrogen-bond acceptors (Lipinski definition) is 7. The highest BCUT2D eigenvalue weighted by atomic mass is 32.2. The second kappa shape index (κ2) is 17.4. The fraction of sp³-hybridized carbons (Fsp3) is 0.286. The molecule has 1 heterocycles. The highest BCUT2D eigenvalue weighted by molar-refractivity contribution is 8.15. The summed E-state index contributed by atoms with van der Waals surface area (Å²) >= 11 is 0.963. The van der Waals surface area contributed by atoms with Crippen molar-refractivity contribution in [2.24, 2.45) is 4.99 Å². The molecule has 1 fully saturated rings. The number of carbonyl (C=O) groups is 3. The molecule has 0 unspecified atom stereocenters. The van der Waals surface area contributed by atoms with Gasteiger partial charge in [-0.3, -0.25) is 14.5 Å². The zero-order chi connectivity index (χ0) is 38.2. The van der Waals surface area contributed by atoms with E-state index < -0.39 is 48.8 Å². The van der Waals surface area contributed by atoms with Gasteiger partial charge < -0.3 is 25.1 Å². The number of allylic oxidation sites excluding steroid dienone is 2. The molecule has 0 radical (unpaired) electrons. The Morgan fingerprint density at radius 3 is 2.42 bits per heavy atom. The minimum absolute atomic E-state index is 0.0140. The molecule has 2 N–H and O–H groups in total. The summed E-state index contributed by atoms with van der Waals surface area (Å²) in [6.45, 7) is 2.57. The van der Waals surface area contributed by atoms with Crippen LogP contribution in [0.25, 0.3) is 0 Å². The lowest BCUT2D eigenvalue weighted by molar-refractivity contribution is -0.274. The molecule has 276 valence electrons. The van der Waals surface area contributed by atoms with E-state index in [0.717, 1.165) is 35.5 Å². The molecule has 52 heavy (non-hydrogen) atoms. The van der Waals surface area contributed by atoms with Crippen molar-refractivity contribution in [1.29, 1.82) is 5.41 Å². The van der Waals surface area contributed by atoms with Gasteiger partial charge in [0, 0.05) is 29.4 Å². The maximum absolute atomic E-state index is 15.2. The maximum atomic E-state index is 15.2. The Morgan fingerprint density at radius 2 is 1.79 bits per heavy atom. The third kappa shape index (κ3) is 10.7. The Labute approximate surface area is 299 Å². The lowest BCUT2D eigenvalue weighted by Crippen LogP contribution is -2.31. The number of thioether (sulfide) groups is 1. The summed E-state index contributed by atoms with van der Waals surface area (Å²) in [6.07, 6.45) is -5.30. The van der Waals surface area contributed by atoms with Crippen molar-refractivity contribution in [3.63, 3.8) is 0 Å². The molecule has 17 heteroatoms. The number of hydrogen-bond donors (Lipinski definition) is 2. The number of aliphatic imine (C=N–C) groups is 1. The number of carbonyl (C=O) groups excluding carboxylic acids is 3. The van der Waals surface area contributed by atoms with Crippen LogP contribution < -0.4 is 15.0 Å². The molecule has 1 aliphatic heterocycles. The molecule has 4 amide bonds. The van der Waals surface area contributed by atoms with Gasteiger partial charge in [-0.1, -0.05) is 43.3 Å². The average Bonchev–Trinajstić information content (AvgIpc) is 3.43. The van der Waals surface area contributed by atoms with Crippen LogP contribution in [0.1, 0.15) is 46.8 Å². The van der Waals surface area contributed by atoms with Gasteiger partial charge in [0.15, 0.2) is 5.17 Å². The molecule has 0 aliphatic carbocycles. The number of ether oxygens (including phenoxy) is 2. The van der Waals surface area contributed by atoms with Crippen LogP contribution in [-0.4, -0.2) is 65.8 Å². The lowest BCUT2D eigenvalue weighted by atomic mass is 10.1. The molecule has 0 atom stereocenters. The number of amidine groups is 1. The van der Waals surface area contributed by atoms with Crippen molar-refractivity contribution < 1.29 is 50.2 Å². The number of halogens is 6. The third-order valence-electron chi connectivity index (χ3n) is 7.35. The van der Waals surface area contributed by atoms with E-state index in [9.17, 15) is 36.3 Å². The van der Waals surface area contributed by atoms with Crippen molar-refractivity contribution >= 4 is 51.9 Å².